The summed E-state index contributed by atoms with van der Waals surface area (Å²) in [6.07, 6.45) is 0. The zero-order valence-electron chi connectivity index (χ0n) is 10.2. The smallest absolute Gasteiger partial charge is 0.223 e. The van der Waals surface area contributed by atoms with E-state index in [0.717, 1.165) is 16.7 Å². The lowest BCUT2D eigenvalue weighted by Gasteiger charge is -2.11. The molecule has 0 aliphatic carbocycles. The minimum absolute atomic E-state index is 0.208. The van der Waals surface area contributed by atoms with Crippen molar-refractivity contribution in [2.24, 2.45) is 0 Å². The number of rotatable bonds is 4. The summed E-state index contributed by atoms with van der Waals surface area (Å²) in [6.45, 7) is 2.75. The number of nitrogens with two attached hydrogens (primary N) is 1. The molecular formula is C12H13BrClN5. The van der Waals surface area contributed by atoms with Crippen LogP contribution >= 0.6 is 27.5 Å². The lowest BCUT2D eigenvalue weighted by Crippen LogP contribution is -2.05. The summed E-state index contributed by atoms with van der Waals surface area (Å²) in [4.78, 5) is 8.22. The van der Waals surface area contributed by atoms with Gasteiger partial charge >= 0.3 is 0 Å². The molecule has 0 amide bonds. The zero-order valence-corrected chi connectivity index (χ0v) is 12.6. The molecule has 2 rings (SSSR count). The number of anilines is 4. The fourth-order valence-electron chi connectivity index (χ4n) is 1.54. The zero-order chi connectivity index (χ0) is 13.8. The largest absolute Gasteiger partial charge is 0.370 e. The van der Waals surface area contributed by atoms with Crippen LogP contribution < -0.4 is 16.4 Å². The number of hydrogen-bond donors (Lipinski definition) is 3. The maximum Gasteiger partial charge on any atom is 0.223 e. The minimum Gasteiger partial charge on any atom is -0.370 e. The van der Waals surface area contributed by atoms with Gasteiger partial charge in [0.1, 0.15) is 11.6 Å². The summed E-state index contributed by atoms with van der Waals surface area (Å²) in [6, 6.07) is 7.33. The lowest BCUT2D eigenvalue weighted by atomic mass is 10.3. The summed E-state index contributed by atoms with van der Waals surface area (Å²) in [5, 5.41) is 6.87. The van der Waals surface area contributed by atoms with Crippen LogP contribution in [0, 0.1) is 0 Å². The third kappa shape index (κ3) is 3.48. The van der Waals surface area contributed by atoms with Gasteiger partial charge < -0.3 is 16.4 Å². The minimum atomic E-state index is 0.208. The van der Waals surface area contributed by atoms with Gasteiger partial charge in [0.05, 0.1) is 15.2 Å². The van der Waals surface area contributed by atoms with Crippen molar-refractivity contribution in [3.8, 4) is 0 Å². The molecule has 1 heterocycles. The van der Waals surface area contributed by atoms with Crippen LogP contribution in [0.5, 0.6) is 0 Å². The van der Waals surface area contributed by atoms with Crippen molar-refractivity contribution < 1.29 is 0 Å². The van der Waals surface area contributed by atoms with Gasteiger partial charge in [-0.25, -0.2) is 0 Å². The molecule has 0 bridgehead atoms. The molecule has 0 saturated heterocycles. The van der Waals surface area contributed by atoms with Gasteiger partial charge in [0, 0.05) is 12.6 Å². The Kier molecular flexibility index (Phi) is 4.44. The summed E-state index contributed by atoms with van der Waals surface area (Å²) < 4.78 is 0.777. The molecule has 19 heavy (non-hydrogen) atoms. The van der Waals surface area contributed by atoms with E-state index < -0.39 is 0 Å². The molecule has 0 unspecified atom stereocenters. The molecule has 2 aromatic rings. The Morgan fingerprint density at radius 3 is 2.79 bits per heavy atom. The first-order chi connectivity index (χ1) is 9.10. The van der Waals surface area contributed by atoms with E-state index in [9.17, 15) is 0 Å². The van der Waals surface area contributed by atoms with Crippen LogP contribution in [0.15, 0.2) is 28.7 Å². The van der Waals surface area contributed by atoms with Crippen molar-refractivity contribution in [1.82, 2.24) is 9.97 Å². The molecule has 5 nitrogen and oxygen atoms in total. The highest BCUT2D eigenvalue weighted by molar-refractivity contribution is 9.10. The van der Waals surface area contributed by atoms with Gasteiger partial charge in [0.25, 0.3) is 0 Å². The summed E-state index contributed by atoms with van der Waals surface area (Å²) in [7, 11) is 0. The Labute approximate surface area is 124 Å². The molecule has 0 fully saturated rings. The van der Waals surface area contributed by atoms with Crippen molar-refractivity contribution in [3.05, 3.63) is 33.8 Å². The van der Waals surface area contributed by atoms with E-state index >= 15 is 0 Å². The molecule has 0 saturated carbocycles. The van der Waals surface area contributed by atoms with E-state index in [4.69, 9.17) is 17.3 Å². The Balaban J connectivity index is 2.30. The average Bonchev–Trinajstić information content (AvgIpc) is 2.35. The van der Waals surface area contributed by atoms with E-state index in [-0.39, 0.29) is 5.95 Å². The van der Waals surface area contributed by atoms with Crippen LogP contribution in [0.2, 0.25) is 5.02 Å². The summed E-state index contributed by atoms with van der Waals surface area (Å²) in [5.41, 5.74) is 6.48. The maximum absolute atomic E-state index is 6.04. The summed E-state index contributed by atoms with van der Waals surface area (Å²) >= 11 is 9.46. The number of nitrogen functional groups attached to an aromatic ring is 1. The molecule has 0 radical (unpaired) electrons. The fraction of sp³-hybridized carbons (Fsp3) is 0.167. The molecule has 0 aliphatic heterocycles. The van der Waals surface area contributed by atoms with Gasteiger partial charge in [-0.15, -0.1) is 0 Å². The highest BCUT2D eigenvalue weighted by Gasteiger charge is 2.06. The second-order valence-corrected chi connectivity index (χ2v) is 4.95. The Hall–Kier alpha value is -1.53. The quantitative estimate of drug-likeness (QED) is 0.790. The first kappa shape index (κ1) is 13.9. The molecule has 0 atom stereocenters. The van der Waals surface area contributed by atoms with Crippen molar-refractivity contribution >= 4 is 50.8 Å². The summed E-state index contributed by atoms with van der Waals surface area (Å²) in [5.74, 6) is 1.49. The monoisotopic (exact) mass is 341 g/mol. The number of benzene rings is 1. The lowest BCUT2D eigenvalue weighted by molar-refractivity contribution is 1.12. The number of halogens is 2. The maximum atomic E-state index is 6.04. The highest BCUT2D eigenvalue weighted by Crippen LogP contribution is 2.32. The molecule has 0 aliphatic rings. The average molecular weight is 343 g/mol. The normalized spacial score (nSPS) is 10.3. The third-order valence-electron chi connectivity index (χ3n) is 2.32. The first-order valence-electron chi connectivity index (χ1n) is 5.69. The molecule has 7 heteroatoms. The van der Waals surface area contributed by atoms with Crippen molar-refractivity contribution in [2.45, 2.75) is 6.92 Å². The van der Waals surface area contributed by atoms with Crippen LogP contribution in [-0.4, -0.2) is 16.5 Å². The van der Waals surface area contributed by atoms with E-state index in [2.05, 4.69) is 36.5 Å². The van der Waals surface area contributed by atoms with Crippen LogP contribution in [-0.2, 0) is 0 Å². The molecule has 1 aromatic heterocycles. The fourth-order valence-corrected chi connectivity index (χ4v) is 2.08. The number of aromatic nitrogens is 2. The topological polar surface area (TPSA) is 75.9 Å². The highest BCUT2D eigenvalue weighted by atomic mass is 79.9. The second-order valence-electron chi connectivity index (χ2n) is 3.75. The number of nitrogens with one attached hydrogen (secondary N) is 2. The Bertz CT molecular complexity index is 590. The van der Waals surface area contributed by atoms with Gasteiger partial charge in [-0.2, -0.15) is 9.97 Å². The van der Waals surface area contributed by atoms with Crippen molar-refractivity contribution in [1.29, 1.82) is 0 Å². The standard InChI is InChI=1S/C12H13BrClN5/c1-2-16-9-6-10(19-12(15)18-9)17-8-5-3-4-7(14)11(8)13/h3-6H,2H2,1H3,(H4,15,16,17,18,19). The van der Waals surface area contributed by atoms with E-state index in [1.807, 2.05) is 19.1 Å². The van der Waals surface area contributed by atoms with Crippen LogP contribution in [0.4, 0.5) is 23.3 Å². The first-order valence-corrected chi connectivity index (χ1v) is 6.86. The molecule has 0 spiro atoms. The van der Waals surface area contributed by atoms with Gasteiger partial charge in [0.15, 0.2) is 0 Å². The van der Waals surface area contributed by atoms with Gasteiger partial charge in [-0.1, -0.05) is 17.7 Å². The Morgan fingerprint density at radius 1 is 1.32 bits per heavy atom. The van der Waals surface area contributed by atoms with Crippen LogP contribution in [0.3, 0.4) is 0 Å². The van der Waals surface area contributed by atoms with Gasteiger partial charge in [-0.05, 0) is 35.0 Å². The van der Waals surface area contributed by atoms with E-state index in [1.165, 1.54) is 0 Å². The van der Waals surface area contributed by atoms with E-state index in [0.29, 0.717) is 16.7 Å². The number of nitrogens with zero attached hydrogens (tertiary/aromatic N) is 2. The third-order valence-corrected chi connectivity index (χ3v) is 3.71. The van der Waals surface area contributed by atoms with Crippen LogP contribution in [0.1, 0.15) is 6.92 Å². The van der Waals surface area contributed by atoms with Crippen LogP contribution in [0.25, 0.3) is 0 Å². The SMILES string of the molecule is CCNc1cc(Nc2cccc(Cl)c2Br)nc(N)n1. The predicted molar refractivity (Wildman–Crippen MR) is 83.0 cm³/mol. The molecule has 4 N–H and O–H groups in total. The van der Waals surface area contributed by atoms with E-state index in [1.54, 1.807) is 12.1 Å². The van der Waals surface area contributed by atoms with Gasteiger partial charge in [0.2, 0.25) is 5.95 Å². The number of hydrogen-bond acceptors (Lipinski definition) is 5. The molecule has 100 valence electrons. The molecular weight excluding hydrogens is 330 g/mol. The van der Waals surface area contributed by atoms with Gasteiger partial charge in [-0.3, -0.25) is 0 Å². The molecule has 1 aromatic carbocycles. The van der Waals surface area contributed by atoms with Crippen molar-refractivity contribution in [2.75, 3.05) is 22.9 Å². The Morgan fingerprint density at radius 2 is 2.05 bits per heavy atom. The van der Waals surface area contributed by atoms with Crippen molar-refractivity contribution in [3.63, 3.8) is 0 Å². The second kappa shape index (κ2) is 6.08. The predicted octanol–water partition coefficient (Wildman–Crippen LogP) is 3.65.